The molecule has 2 aromatic carbocycles. The van der Waals surface area contributed by atoms with Crippen LogP contribution in [-0.2, 0) is 20.2 Å². The fraction of sp³-hybridized carbons (Fsp3) is 0.200. The molecular formula is C20H21N3O3. The Morgan fingerprint density at radius 3 is 2.50 bits per heavy atom. The number of methoxy groups -OCH3 is 1. The Balaban J connectivity index is 1.53. The molecule has 0 saturated heterocycles. The van der Waals surface area contributed by atoms with Gasteiger partial charge in [-0.25, -0.2) is 0 Å². The molecular weight excluding hydrogens is 330 g/mol. The molecule has 26 heavy (non-hydrogen) atoms. The van der Waals surface area contributed by atoms with Crippen LogP contribution in [0.5, 0.6) is 11.6 Å². The van der Waals surface area contributed by atoms with E-state index in [-0.39, 0.29) is 5.91 Å². The summed E-state index contributed by atoms with van der Waals surface area (Å²) in [5.41, 5.74) is 2.51. The standard InChI is InChI=1S/C20H21N3O3/c1-23-13-18(20(22-23)25-2)19(24)21-12-15-8-10-17(11-9-15)26-14-16-6-4-3-5-7-16/h3-11,13H,12,14H2,1-2H3,(H,21,24). The van der Waals surface area contributed by atoms with Gasteiger partial charge in [0.05, 0.1) is 7.11 Å². The molecule has 1 heterocycles. The predicted octanol–water partition coefficient (Wildman–Crippen LogP) is 2.94. The fourth-order valence-electron chi connectivity index (χ4n) is 2.50. The van der Waals surface area contributed by atoms with Gasteiger partial charge < -0.3 is 14.8 Å². The van der Waals surface area contributed by atoms with Gasteiger partial charge in [-0.15, -0.1) is 5.10 Å². The third-order valence-corrected chi connectivity index (χ3v) is 3.86. The third kappa shape index (κ3) is 4.42. The van der Waals surface area contributed by atoms with Gasteiger partial charge in [-0.05, 0) is 23.3 Å². The van der Waals surface area contributed by atoms with Crippen molar-refractivity contribution in [3.05, 3.63) is 77.5 Å². The zero-order valence-electron chi connectivity index (χ0n) is 14.8. The molecule has 3 rings (SSSR count). The van der Waals surface area contributed by atoms with Crippen LogP contribution in [0.4, 0.5) is 0 Å². The largest absolute Gasteiger partial charge is 0.489 e. The highest BCUT2D eigenvalue weighted by molar-refractivity contribution is 5.96. The van der Waals surface area contributed by atoms with Gasteiger partial charge >= 0.3 is 0 Å². The van der Waals surface area contributed by atoms with E-state index in [9.17, 15) is 4.79 Å². The predicted molar refractivity (Wildman–Crippen MR) is 98.1 cm³/mol. The maximum atomic E-state index is 12.3. The van der Waals surface area contributed by atoms with E-state index in [1.807, 2.05) is 54.6 Å². The minimum Gasteiger partial charge on any atom is -0.489 e. The Labute approximate surface area is 152 Å². The van der Waals surface area contributed by atoms with Crippen molar-refractivity contribution in [3.63, 3.8) is 0 Å². The normalized spacial score (nSPS) is 10.4. The highest BCUT2D eigenvalue weighted by Crippen LogP contribution is 2.16. The van der Waals surface area contributed by atoms with Crippen LogP contribution in [-0.4, -0.2) is 22.8 Å². The lowest BCUT2D eigenvalue weighted by atomic mass is 10.2. The molecule has 0 aliphatic heterocycles. The number of aryl methyl sites for hydroxylation is 1. The molecule has 0 aliphatic carbocycles. The molecule has 0 unspecified atom stereocenters. The van der Waals surface area contributed by atoms with Crippen molar-refractivity contribution in [1.29, 1.82) is 0 Å². The second-order valence-corrected chi connectivity index (χ2v) is 5.83. The molecule has 0 aliphatic rings. The molecule has 134 valence electrons. The Hall–Kier alpha value is -3.28. The van der Waals surface area contributed by atoms with E-state index in [0.717, 1.165) is 16.9 Å². The number of amides is 1. The minimum absolute atomic E-state index is 0.223. The Morgan fingerprint density at radius 1 is 1.08 bits per heavy atom. The van der Waals surface area contributed by atoms with Gasteiger partial charge in [0.2, 0.25) is 5.88 Å². The summed E-state index contributed by atoms with van der Waals surface area (Å²) >= 11 is 0. The summed E-state index contributed by atoms with van der Waals surface area (Å²) in [6, 6.07) is 17.7. The molecule has 0 saturated carbocycles. The maximum absolute atomic E-state index is 12.3. The molecule has 0 fully saturated rings. The number of carbonyl (C=O) groups is 1. The van der Waals surface area contributed by atoms with Crippen molar-refractivity contribution in [1.82, 2.24) is 15.1 Å². The summed E-state index contributed by atoms with van der Waals surface area (Å²) < 4.78 is 12.4. The molecule has 1 amide bonds. The van der Waals surface area contributed by atoms with Crippen LogP contribution >= 0.6 is 0 Å². The van der Waals surface area contributed by atoms with Crippen LogP contribution < -0.4 is 14.8 Å². The number of nitrogens with one attached hydrogen (secondary N) is 1. The quantitative estimate of drug-likeness (QED) is 0.711. The van der Waals surface area contributed by atoms with Crippen molar-refractivity contribution >= 4 is 5.91 Å². The van der Waals surface area contributed by atoms with Crippen LogP contribution in [0, 0.1) is 0 Å². The van der Waals surface area contributed by atoms with Gasteiger partial charge in [0.1, 0.15) is 17.9 Å². The van der Waals surface area contributed by atoms with Gasteiger partial charge in [0.15, 0.2) is 0 Å². The lowest BCUT2D eigenvalue weighted by molar-refractivity contribution is 0.0948. The SMILES string of the molecule is COc1nn(C)cc1C(=O)NCc1ccc(OCc2ccccc2)cc1. The molecule has 6 nitrogen and oxygen atoms in total. The lowest BCUT2D eigenvalue weighted by Crippen LogP contribution is -2.22. The van der Waals surface area contributed by atoms with E-state index in [1.54, 1.807) is 17.9 Å². The number of hydrogen-bond donors (Lipinski definition) is 1. The summed E-state index contributed by atoms with van der Waals surface area (Å²) in [7, 11) is 3.24. The number of aromatic nitrogens is 2. The number of nitrogens with zero attached hydrogens (tertiary/aromatic N) is 2. The van der Waals surface area contributed by atoms with Crippen molar-refractivity contribution < 1.29 is 14.3 Å². The van der Waals surface area contributed by atoms with Crippen molar-refractivity contribution in [3.8, 4) is 11.6 Å². The number of hydrogen-bond acceptors (Lipinski definition) is 4. The van der Waals surface area contributed by atoms with Crippen LogP contribution in [0.3, 0.4) is 0 Å². The monoisotopic (exact) mass is 351 g/mol. The second kappa shape index (κ2) is 8.20. The zero-order valence-corrected chi connectivity index (χ0v) is 14.8. The first-order chi connectivity index (χ1) is 12.7. The van der Waals surface area contributed by atoms with Crippen LogP contribution in [0.15, 0.2) is 60.8 Å². The van der Waals surface area contributed by atoms with Gasteiger partial charge in [-0.3, -0.25) is 9.48 Å². The number of rotatable bonds is 7. The second-order valence-electron chi connectivity index (χ2n) is 5.83. The van der Waals surface area contributed by atoms with Crippen molar-refractivity contribution in [2.45, 2.75) is 13.2 Å². The number of ether oxygens (including phenoxy) is 2. The molecule has 0 bridgehead atoms. The molecule has 0 radical (unpaired) electrons. The van der Waals surface area contributed by atoms with Gasteiger partial charge in [0, 0.05) is 19.8 Å². The van der Waals surface area contributed by atoms with Crippen molar-refractivity contribution in [2.75, 3.05) is 7.11 Å². The summed E-state index contributed by atoms with van der Waals surface area (Å²) in [5, 5.41) is 6.95. The number of carbonyl (C=O) groups excluding carboxylic acids is 1. The Kier molecular flexibility index (Phi) is 5.53. The van der Waals surface area contributed by atoms with E-state index >= 15 is 0 Å². The number of benzene rings is 2. The Morgan fingerprint density at radius 2 is 1.81 bits per heavy atom. The minimum atomic E-state index is -0.223. The molecule has 1 N–H and O–H groups in total. The Bertz CT molecular complexity index is 858. The van der Waals surface area contributed by atoms with E-state index in [0.29, 0.717) is 24.6 Å². The van der Waals surface area contributed by atoms with E-state index in [2.05, 4.69) is 10.4 Å². The van der Waals surface area contributed by atoms with Gasteiger partial charge in [-0.2, -0.15) is 0 Å². The highest BCUT2D eigenvalue weighted by Gasteiger charge is 2.15. The van der Waals surface area contributed by atoms with Crippen LogP contribution in [0.2, 0.25) is 0 Å². The lowest BCUT2D eigenvalue weighted by Gasteiger charge is -2.08. The highest BCUT2D eigenvalue weighted by atomic mass is 16.5. The first-order valence-electron chi connectivity index (χ1n) is 8.27. The fourth-order valence-corrected chi connectivity index (χ4v) is 2.50. The van der Waals surface area contributed by atoms with E-state index in [4.69, 9.17) is 9.47 Å². The van der Waals surface area contributed by atoms with Crippen LogP contribution in [0.1, 0.15) is 21.5 Å². The third-order valence-electron chi connectivity index (χ3n) is 3.86. The molecule has 1 aromatic heterocycles. The smallest absolute Gasteiger partial charge is 0.258 e. The molecule has 0 spiro atoms. The summed E-state index contributed by atoms with van der Waals surface area (Å²) in [4.78, 5) is 12.3. The molecule has 3 aromatic rings. The van der Waals surface area contributed by atoms with Crippen LogP contribution in [0.25, 0.3) is 0 Å². The van der Waals surface area contributed by atoms with Gasteiger partial charge in [0.25, 0.3) is 5.91 Å². The first kappa shape index (κ1) is 17.5. The summed E-state index contributed by atoms with van der Waals surface area (Å²) in [5.74, 6) is 0.881. The van der Waals surface area contributed by atoms with Crippen molar-refractivity contribution in [2.24, 2.45) is 7.05 Å². The average Bonchev–Trinajstić information content (AvgIpc) is 3.07. The average molecular weight is 351 g/mol. The maximum Gasteiger partial charge on any atom is 0.258 e. The summed E-state index contributed by atoms with van der Waals surface area (Å²) in [6.07, 6.45) is 1.63. The van der Waals surface area contributed by atoms with E-state index < -0.39 is 0 Å². The van der Waals surface area contributed by atoms with E-state index in [1.165, 1.54) is 7.11 Å². The molecule has 6 heteroatoms. The molecule has 0 atom stereocenters. The topological polar surface area (TPSA) is 65.4 Å². The summed E-state index contributed by atoms with van der Waals surface area (Å²) in [6.45, 7) is 0.938. The van der Waals surface area contributed by atoms with Gasteiger partial charge in [-0.1, -0.05) is 42.5 Å². The first-order valence-corrected chi connectivity index (χ1v) is 8.27. The zero-order chi connectivity index (χ0) is 18.4.